The van der Waals surface area contributed by atoms with Crippen LogP contribution in [0, 0.1) is 5.41 Å². The van der Waals surface area contributed by atoms with Crippen LogP contribution < -0.4 is 0 Å². The Morgan fingerprint density at radius 2 is 1.79 bits per heavy atom. The van der Waals surface area contributed by atoms with Gasteiger partial charge in [0.15, 0.2) is 0 Å². The maximum Gasteiger partial charge on any atom is 0.410 e. The van der Waals surface area contributed by atoms with Crippen molar-refractivity contribution in [1.82, 2.24) is 4.90 Å². The lowest BCUT2D eigenvalue weighted by molar-refractivity contribution is -0.148. The monoisotopic (exact) mass is 411 g/mol. The second-order valence-electron chi connectivity index (χ2n) is 8.75. The van der Waals surface area contributed by atoms with Crippen molar-refractivity contribution in [2.24, 2.45) is 5.41 Å². The van der Waals surface area contributed by atoms with Gasteiger partial charge in [-0.1, -0.05) is 30.3 Å². The molecule has 0 unspecified atom stereocenters. The van der Waals surface area contributed by atoms with Gasteiger partial charge in [-0.3, -0.25) is 4.18 Å². The van der Waals surface area contributed by atoms with Crippen molar-refractivity contribution in [3.8, 4) is 0 Å². The van der Waals surface area contributed by atoms with Crippen molar-refractivity contribution in [1.29, 1.82) is 0 Å². The van der Waals surface area contributed by atoms with Crippen LogP contribution in [-0.2, 0) is 29.5 Å². The number of hydrogen-bond acceptors (Lipinski definition) is 6. The van der Waals surface area contributed by atoms with Crippen molar-refractivity contribution in [3.05, 3.63) is 35.9 Å². The summed E-state index contributed by atoms with van der Waals surface area (Å²) in [5.41, 5.74) is 0.359. The molecule has 1 amide bonds. The molecule has 0 radical (unpaired) electrons. The minimum atomic E-state index is -3.61. The molecule has 1 saturated heterocycles. The summed E-state index contributed by atoms with van der Waals surface area (Å²) in [4.78, 5) is 13.7. The second kappa shape index (κ2) is 8.00. The van der Waals surface area contributed by atoms with Gasteiger partial charge in [-0.25, -0.2) is 4.79 Å². The lowest BCUT2D eigenvalue weighted by Gasteiger charge is -2.58. The molecule has 1 heterocycles. The lowest BCUT2D eigenvalue weighted by atomic mass is 9.62. The number of amides is 1. The van der Waals surface area contributed by atoms with E-state index >= 15 is 0 Å². The quantitative estimate of drug-likeness (QED) is 0.507. The molecule has 0 aromatic heterocycles. The number of hydrogen-bond donors (Lipinski definition) is 0. The standard InChI is InChI=1S/C20H29NO6S/c1-19(2,3)27-18(22)21-14-20(15-21)11-17(12-20)25-9-10-26-28(23,24)13-16-7-5-4-6-8-16/h4-8,17H,9-15H2,1-3H3. The van der Waals surface area contributed by atoms with E-state index in [9.17, 15) is 13.2 Å². The van der Waals surface area contributed by atoms with Crippen LogP contribution in [0.1, 0.15) is 39.2 Å². The van der Waals surface area contributed by atoms with Crippen molar-refractivity contribution >= 4 is 16.2 Å². The zero-order valence-corrected chi connectivity index (χ0v) is 17.5. The van der Waals surface area contributed by atoms with E-state index in [1.807, 2.05) is 26.8 Å². The molecule has 28 heavy (non-hydrogen) atoms. The van der Waals surface area contributed by atoms with Gasteiger partial charge in [-0.15, -0.1) is 0 Å². The number of carbonyl (C=O) groups excluding carboxylic acids is 1. The van der Waals surface area contributed by atoms with E-state index in [0.29, 0.717) is 18.7 Å². The van der Waals surface area contributed by atoms with E-state index in [1.54, 1.807) is 29.2 Å². The number of carbonyl (C=O) groups is 1. The van der Waals surface area contributed by atoms with Crippen LogP contribution in [0.15, 0.2) is 30.3 Å². The minimum Gasteiger partial charge on any atom is -0.444 e. The Hall–Kier alpha value is -1.64. The van der Waals surface area contributed by atoms with Gasteiger partial charge >= 0.3 is 6.09 Å². The molecule has 1 spiro atoms. The third-order valence-electron chi connectivity index (χ3n) is 4.91. The van der Waals surface area contributed by atoms with Crippen LogP contribution in [0.2, 0.25) is 0 Å². The Labute approximate surface area is 167 Å². The van der Waals surface area contributed by atoms with E-state index < -0.39 is 15.7 Å². The summed E-state index contributed by atoms with van der Waals surface area (Å²) in [7, 11) is -3.61. The van der Waals surface area contributed by atoms with Crippen molar-refractivity contribution < 1.29 is 26.9 Å². The number of rotatable bonds is 7. The first kappa shape index (κ1) is 21.1. The normalized spacial score (nSPS) is 19.2. The van der Waals surface area contributed by atoms with E-state index in [4.69, 9.17) is 13.7 Å². The second-order valence-corrected chi connectivity index (χ2v) is 10.4. The zero-order valence-electron chi connectivity index (χ0n) is 16.7. The summed E-state index contributed by atoms with van der Waals surface area (Å²) >= 11 is 0. The van der Waals surface area contributed by atoms with Crippen LogP contribution in [0.25, 0.3) is 0 Å². The van der Waals surface area contributed by atoms with Crippen molar-refractivity contribution in [2.75, 3.05) is 26.3 Å². The van der Waals surface area contributed by atoms with Crippen LogP contribution in [-0.4, -0.2) is 57.4 Å². The molecule has 3 rings (SSSR count). The zero-order chi connectivity index (χ0) is 20.4. The molecule has 156 valence electrons. The molecular weight excluding hydrogens is 382 g/mol. The Kier molecular flexibility index (Phi) is 6.03. The average Bonchev–Trinajstić information content (AvgIpc) is 2.49. The summed E-state index contributed by atoms with van der Waals surface area (Å²) in [6, 6.07) is 8.94. The van der Waals surface area contributed by atoms with Gasteiger partial charge in [0, 0.05) is 18.5 Å². The molecule has 1 aromatic rings. The lowest BCUT2D eigenvalue weighted by Crippen LogP contribution is -2.65. The summed E-state index contributed by atoms with van der Waals surface area (Å²) in [6.45, 7) is 7.22. The highest BCUT2D eigenvalue weighted by atomic mass is 32.2. The van der Waals surface area contributed by atoms with Gasteiger partial charge in [-0.2, -0.15) is 8.42 Å². The molecule has 2 aliphatic rings. The number of ether oxygens (including phenoxy) is 2. The van der Waals surface area contributed by atoms with Crippen LogP contribution >= 0.6 is 0 Å². The maximum atomic E-state index is 12.0. The van der Waals surface area contributed by atoms with Gasteiger partial charge in [0.2, 0.25) is 0 Å². The highest BCUT2D eigenvalue weighted by Crippen LogP contribution is 2.49. The summed E-state index contributed by atoms with van der Waals surface area (Å²) in [6.07, 6.45) is 1.59. The van der Waals surface area contributed by atoms with E-state index in [1.165, 1.54) is 0 Å². The topological polar surface area (TPSA) is 82.1 Å². The van der Waals surface area contributed by atoms with Gasteiger partial charge in [0.05, 0.1) is 19.3 Å². The van der Waals surface area contributed by atoms with E-state index in [2.05, 4.69) is 0 Å². The fourth-order valence-corrected chi connectivity index (χ4v) is 4.70. The van der Waals surface area contributed by atoms with Crippen molar-refractivity contribution in [2.45, 2.75) is 51.1 Å². The predicted molar refractivity (Wildman–Crippen MR) is 104 cm³/mol. The predicted octanol–water partition coefficient (Wildman–Crippen LogP) is 2.95. The molecule has 7 nitrogen and oxygen atoms in total. The summed E-state index contributed by atoms with van der Waals surface area (Å²) < 4.78 is 40.0. The van der Waals surface area contributed by atoms with Gasteiger partial charge < -0.3 is 14.4 Å². The van der Waals surface area contributed by atoms with E-state index in [0.717, 1.165) is 12.8 Å². The molecular formula is C20H29NO6S. The first-order valence-corrected chi connectivity index (χ1v) is 11.1. The first-order chi connectivity index (χ1) is 13.1. The average molecular weight is 412 g/mol. The Balaban J connectivity index is 1.29. The molecule has 0 bridgehead atoms. The number of likely N-dealkylation sites (tertiary alicyclic amines) is 1. The Bertz CT molecular complexity index is 773. The molecule has 0 atom stereocenters. The first-order valence-electron chi connectivity index (χ1n) is 9.57. The summed E-state index contributed by atoms with van der Waals surface area (Å²) in [5, 5.41) is 0. The molecule has 8 heteroatoms. The van der Waals surface area contributed by atoms with Gasteiger partial charge in [0.1, 0.15) is 11.4 Å². The number of benzene rings is 1. The Morgan fingerprint density at radius 3 is 2.39 bits per heavy atom. The number of nitrogens with zero attached hydrogens (tertiary/aromatic N) is 1. The molecule has 0 N–H and O–H groups in total. The smallest absolute Gasteiger partial charge is 0.410 e. The maximum absolute atomic E-state index is 12.0. The van der Waals surface area contributed by atoms with Crippen LogP contribution in [0.4, 0.5) is 4.79 Å². The van der Waals surface area contributed by atoms with Crippen LogP contribution in [0.3, 0.4) is 0 Å². The molecule has 2 fully saturated rings. The van der Waals surface area contributed by atoms with Crippen molar-refractivity contribution in [3.63, 3.8) is 0 Å². The Morgan fingerprint density at radius 1 is 1.14 bits per heavy atom. The molecule has 1 aliphatic heterocycles. The third-order valence-corrected chi connectivity index (χ3v) is 6.12. The van der Waals surface area contributed by atoms with E-state index in [-0.39, 0.29) is 36.6 Å². The SMILES string of the molecule is CC(C)(C)OC(=O)N1CC2(CC(OCCOS(=O)(=O)Cc3ccccc3)C2)C1. The molecule has 1 aromatic carbocycles. The van der Waals surface area contributed by atoms with Crippen LogP contribution in [0.5, 0.6) is 0 Å². The fourth-order valence-electron chi connectivity index (χ4n) is 3.70. The highest BCUT2D eigenvalue weighted by molar-refractivity contribution is 7.85. The highest BCUT2D eigenvalue weighted by Gasteiger charge is 2.54. The largest absolute Gasteiger partial charge is 0.444 e. The molecule has 1 aliphatic carbocycles. The minimum absolute atomic E-state index is 0.0166. The van der Waals surface area contributed by atoms with Gasteiger partial charge in [-0.05, 0) is 39.2 Å². The summed E-state index contributed by atoms with van der Waals surface area (Å²) in [5.74, 6) is -0.138. The third kappa shape index (κ3) is 5.68. The molecule has 1 saturated carbocycles. The fraction of sp³-hybridized carbons (Fsp3) is 0.650. The van der Waals surface area contributed by atoms with Gasteiger partial charge in [0.25, 0.3) is 10.1 Å².